The maximum absolute atomic E-state index is 13.8. The molecule has 0 radical (unpaired) electrons. The second kappa shape index (κ2) is 15.0. The number of pyridine rings is 1. The third-order valence-electron chi connectivity index (χ3n) is 7.93. The Morgan fingerprint density at radius 2 is 1.81 bits per heavy atom. The summed E-state index contributed by atoms with van der Waals surface area (Å²) in [5.74, 6) is 2.83. The van der Waals surface area contributed by atoms with E-state index in [0.29, 0.717) is 41.2 Å². The highest BCUT2D eigenvalue weighted by atomic mass is 32.2. The number of ether oxygens (including phenoxy) is 2. The molecule has 0 aliphatic heterocycles. The Hall–Kier alpha value is -3.21. The molecule has 2 aromatic heterocycles. The van der Waals surface area contributed by atoms with Crippen LogP contribution in [0.25, 0.3) is 0 Å². The van der Waals surface area contributed by atoms with Crippen molar-refractivity contribution in [2.45, 2.75) is 65.2 Å². The van der Waals surface area contributed by atoms with Crippen LogP contribution in [0.5, 0.6) is 11.6 Å². The van der Waals surface area contributed by atoms with E-state index in [-0.39, 0.29) is 6.54 Å². The topological polar surface area (TPSA) is 63.6 Å². The van der Waals surface area contributed by atoms with Gasteiger partial charge in [-0.15, -0.1) is 0 Å². The molecule has 43 heavy (non-hydrogen) atoms. The number of aromatic nitrogens is 3. The van der Waals surface area contributed by atoms with E-state index in [1.54, 1.807) is 44.3 Å². The summed E-state index contributed by atoms with van der Waals surface area (Å²) in [5, 5.41) is 0. The second-order valence-corrected chi connectivity index (χ2v) is 12.0. The third kappa shape index (κ3) is 8.68. The molecule has 0 amide bonds. The number of hydrogen-bond acceptors (Lipinski definition) is 8. The lowest BCUT2D eigenvalue weighted by Gasteiger charge is -2.33. The Morgan fingerprint density at radius 1 is 1.09 bits per heavy atom. The maximum Gasteiger partial charge on any atom is 0.416 e. The van der Waals surface area contributed by atoms with Crippen LogP contribution in [0.4, 0.5) is 24.8 Å². The molecule has 3 aromatic rings. The summed E-state index contributed by atoms with van der Waals surface area (Å²) >= 11 is 1.68. The van der Waals surface area contributed by atoms with Gasteiger partial charge in [-0.1, -0.05) is 24.5 Å². The van der Waals surface area contributed by atoms with Gasteiger partial charge in [0, 0.05) is 24.9 Å². The number of anilines is 2. The van der Waals surface area contributed by atoms with Crippen molar-refractivity contribution in [3.8, 4) is 11.6 Å². The number of aryl methyl sites for hydroxylation is 1. The number of nitrogens with zero attached hydrogens (tertiary/aromatic N) is 5. The number of alkyl halides is 3. The number of halogens is 3. The molecule has 7 nitrogen and oxygen atoms in total. The first-order valence-electron chi connectivity index (χ1n) is 14.8. The summed E-state index contributed by atoms with van der Waals surface area (Å²) in [6, 6.07) is 7.54. The molecular weight excluding hydrogens is 575 g/mol. The lowest BCUT2D eigenvalue weighted by Crippen LogP contribution is -2.33. The predicted molar refractivity (Wildman–Crippen MR) is 167 cm³/mol. The Bertz CT molecular complexity index is 1320. The highest BCUT2D eigenvalue weighted by molar-refractivity contribution is 7.98. The van der Waals surface area contributed by atoms with Crippen LogP contribution in [0.1, 0.15) is 68.0 Å². The van der Waals surface area contributed by atoms with Crippen molar-refractivity contribution in [1.82, 2.24) is 15.0 Å². The highest BCUT2D eigenvalue weighted by Gasteiger charge is 2.32. The maximum atomic E-state index is 13.8. The van der Waals surface area contributed by atoms with Gasteiger partial charge in [-0.3, -0.25) is 0 Å². The van der Waals surface area contributed by atoms with Gasteiger partial charge in [0.15, 0.2) is 5.75 Å². The molecule has 4 rings (SSSR count). The SMILES string of the molecule is CCN(CC1CCCC1)c1ccc(OC)nc1CN(c1ncc(OCCSC)cn1)C(C)c1cc(C)cc(C(F)(F)F)c1. The summed E-state index contributed by atoms with van der Waals surface area (Å²) in [6.45, 7) is 8.20. The fourth-order valence-corrected chi connectivity index (χ4v) is 5.86. The number of hydrogen-bond donors (Lipinski definition) is 0. The smallest absolute Gasteiger partial charge is 0.416 e. The van der Waals surface area contributed by atoms with Crippen molar-refractivity contribution in [2.75, 3.05) is 48.6 Å². The highest BCUT2D eigenvalue weighted by Crippen LogP contribution is 2.36. The lowest BCUT2D eigenvalue weighted by molar-refractivity contribution is -0.137. The predicted octanol–water partition coefficient (Wildman–Crippen LogP) is 7.73. The average Bonchev–Trinajstić information content (AvgIpc) is 3.51. The Kier molecular flexibility index (Phi) is 11.4. The molecule has 11 heteroatoms. The van der Waals surface area contributed by atoms with Crippen molar-refractivity contribution in [2.24, 2.45) is 5.92 Å². The van der Waals surface area contributed by atoms with Crippen LogP contribution in [-0.2, 0) is 12.7 Å². The molecule has 1 unspecified atom stereocenters. The molecule has 1 atom stereocenters. The summed E-state index contributed by atoms with van der Waals surface area (Å²) < 4.78 is 52.7. The van der Waals surface area contributed by atoms with Crippen molar-refractivity contribution in [3.05, 3.63) is 65.1 Å². The Morgan fingerprint density at radius 3 is 2.44 bits per heavy atom. The van der Waals surface area contributed by atoms with Gasteiger partial charge in [-0.25, -0.2) is 15.0 Å². The van der Waals surface area contributed by atoms with Crippen LogP contribution in [0.2, 0.25) is 0 Å². The first-order valence-corrected chi connectivity index (χ1v) is 16.2. The molecule has 1 saturated carbocycles. The monoisotopic (exact) mass is 617 g/mol. The molecule has 0 N–H and O–H groups in total. The van der Waals surface area contributed by atoms with E-state index >= 15 is 0 Å². The van der Waals surface area contributed by atoms with E-state index in [4.69, 9.17) is 14.5 Å². The molecule has 2 heterocycles. The summed E-state index contributed by atoms with van der Waals surface area (Å²) in [5.41, 5.74) is 2.09. The zero-order valence-corrected chi connectivity index (χ0v) is 26.5. The van der Waals surface area contributed by atoms with Gasteiger partial charge >= 0.3 is 6.18 Å². The van der Waals surface area contributed by atoms with E-state index < -0.39 is 17.8 Å². The fourth-order valence-electron chi connectivity index (χ4n) is 5.61. The van der Waals surface area contributed by atoms with Gasteiger partial charge in [0.25, 0.3) is 0 Å². The zero-order valence-electron chi connectivity index (χ0n) is 25.7. The van der Waals surface area contributed by atoms with E-state index in [0.717, 1.165) is 30.2 Å². The van der Waals surface area contributed by atoms with Crippen LogP contribution in [-0.4, -0.2) is 53.8 Å². The zero-order chi connectivity index (χ0) is 31.0. The van der Waals surface area contributed by atoms with Crippen LogP contribution in [0.15, 0.2) is 42.7 Å². The van der Waals surface area contributed by atoms with Gasteiger partial charge in [-0.05, 0) is 69.5 Å². The minimum atomic E-state index is -4.46. The quantitative estimate of drug-likeness (QED) is 0.170. The Labute approximate surface area is 257 Å². The normalized spacial score (nSPS) is 14.5. The minimum Gasteiger partial charge on any atom is -0.489 e. The summed E-state index contributed by atoms with van der Waals surface area (Å²) in [6.07, 6.45) is 5.71. The van der Waals surface area contributed by atoms with Gasteiger partial charge in [-0.2, -0.15) is 24.9 Å². The molecule has 0 bridgehead atoms. The molecule has 1 aliphatic rings. The number of rotatable bonds is 14. The second-order valence-electron chi connectivity index (χ2n) is 11.0. The number of thioether (sulfide) groups is 1. The fraction of sp³-hybridized carbons (Fsp3) is 0.531. The van der Waals surface area contributed by atoms with Crippen molar-refractivity contribution < 1.29 is 22.6 Å². The van der Waals surface area contributed by atoms with E-state index in [1.807, 2.05) is 30.2 Å². The number of methoxy groups -OCH3 is 1. The van der Waals surface area contributed by atoms with Crippen molar-refractivity contribution in [3.63, 3.8) is 0 Å². The van der Waals surface area contributed by atoms with E-state index in [2.05, 4.69) is 21.8 Å². The largest absolute Gasteiger partial charge is 0.489 e. The van der Waals surface area contributed by atoms with Crippen molar-refractivity contribution in [1.29, 1.82) is 0 Å². The summed E-state index contributed by atoms with van der Waals surface area (Å²) in [4.78, 5) is 18.3. The molecule has 234 valence electrons. The average molecular weight is 618 g/mol. The van der Waals surface area contributed by atoms with Gasteiger partial charge in [0.05, 0.1) is 55.6 Å². The van der Waals surface area contributed by atoms with Crippen LogP contribution >= 0.6 is 11.8 Å². The first kappa shape index (κ1) is 32.7. The van der Waals surface area contributed by atoms with E-state index in [1.165, 1.54) is 37.8 Å². The van der Waals surface area contributed by atoms with Crippen LogP contribution in [0, 0.1) is 12.8 Å². The third-order valence-corrected chi connectivity index (χ3v) is 8.51. The summed E-state index contributed by atoms with van der Waals surface area (Å²) in [7, 11) is 1.58. The standard InChI is InChI=1S/C32H42F3N5O2S/c1-6-39(20-24-9-7-8-10-24)29-11-12-30(41-4)38-28(29)21-40(31-36-18-27(19-37-31)42-13-14-43-5)23(3)25-15-22(2)16-26(17-25)32(33,34)35/h11-12,15-19,23-24H,6-10,13-14,20-21H2,1-5H3. The lowest BCUT2D eigenvalue weighted by atomic mass is 10.00. The molecule has 0 saturated heterocycles. The van der Waals surface area contributed by atoms with Crippen LogP contribution in [0.3, 0.4) is 0 Å². The van der Waals surface area contributed by atoms with Gasteiger partial charge in [0.1, 0.15) is 0 Å². The molecule has 1 fully saturated rings. The molecule has 0 spiro atoms. The molecule has 1 aliphatic carbocycles. The molecular formula is C32H42F3N5O2S. The van der Waals surface area contributed by atoms with E-state index in [9.17, 15) is 13.2 Å². The number of benzene rings is 1. The van der Waals surface area contributed by atoms with Crippen LogP contribution < -0.4 is 19.3 Å². The van der Waals surface area contributed by atoms with Crippen molar-refractivity contribution >= 4 is 23.4 Å². The first-order chi connectivity index (χ1) is 20.6. The molecule has 1 aromatic carbocycles. The van der Waals surface area contributed by atoms with Gasteiger partial charge < -0.3 is 19.3 Å². The van der Waals surface area contributed by atoms with Gasteiger partial charge in [0.2, 0.25) is 11.8 Å². The minimum absolute atomic E-state index is 0.261. The Balaban J connectivity index is 1.75.